The minimum Gasteiger partial charge on any atom is -0.478 e. The van der Waals surface area contributed by atoms with Crippen LogP contribution in [0.3, 0.4) is 0 Å². The molecule has 0 amide bonds. The average Bonchev–Trinajstić information content (AvgIpc) is 2.87. The maximum Gasteiger partial charge on any atom is 0.335 e. The maximum atomic E-state index is 10.8. The first-order chi connectivity index (χ1) is 9.63. The minimum absolute atomic E-state index is 0.277. The summed E-state index contributed by atoms with van der Waals surface area (Å²) in [5.41, 5.74) is 3.42. The van der Waals surface area contributed by atoms with Crippen molar-refractivity contribution < 1.29 is 9.90 Å². The van der Waals surface area contributed by atoms with E-state index in [1.165, 1.54) is 5.56 Å². The highest BCUT2D eigenvalue weighted by Gasteiger charge is 2.18. The van der Waals surface area contributed by atoms with Crippen LogP contribution in [0.5, 0.6) is 0 Å². The summed E-state index contributed by atoms with van der Waals surface area (Å²) >= 11 is 0. The summed E-state index contributed by atoms with van der Waals surface area (Å²) in [4.78, 5) is 19.8. The van der Waals surface area contributed by atoms with Crippen molar-refractivity contribution in [3.05, 3.63) is 46.9 Å². The fourth-order valence-corrected chi connectivity index (χ4v) is 2.49. The zero-order valence-electron chi connectivity index (χ0n) is 11.2. The first kappa shape index (κ1) is 12.6. The third-order valence-corrected chi connectivity index (χ3v) is 3.44. The first-order valence-electron chi connectivity index (χ1n) is 6.60. The Morgan fingerprint density at radius 1 is 1.20 bits per heavy atom. The van der Waals surface area contributed by atoms with Gasteiger partial charge >= 0.3 is 5.97 Å². The Hall–Kier alpha value is -2.43. The van der Waals surface area contributed by atoms with Gasteiger partial charge in [0.25, 0.3) is 0 Å². The smallest absolute Gasteiger partial charge is 0.335 e. The van der Waals surface area contributed by atoms with Crippen molar-refractivity contribution >= 4 is 17.5 Å². The van der Waals surface area contributed by atoms with Gasteiger partial charge in [0.05, 0.1) is 5.56 Å². The van der Waals surface area contributed by atoms with Gasteiger partial charge in [-0.3, -0.25) is 0 Å². The molecule has 1 aliphatic rings. The van der Waals surface area contributed by atoms with E-state index in [0.717, 1.165) is 42.3 Å². The van der Waals surface area contributed by atoms with Crippen LogP contribution in [0.2, 0.25) is 0 Å². The molecule has 1 aliphatic carbocycles. The highest BCUT2D eigenvalue weighted by molar-refractivity contribution is 5.88. The van der Waals surface area contributed by atoms with E-state index in [2.05, 4.69) is 15.3 Å². The summed E-state index contributed by atoms with van der Waals surface area (Å²) in [5, 5.41) is 12.2. The quantitative estimate of drug-likeness (QED) is 0.896. The van der Waals surface area contributed by atoms with Crippen molar-refractivity contribution in [3.63, 3.8) is 0 Å². The summed E-state index contributed by atoms with van der Waals surface area (Å²) in [6, 6.07) is 6.67. The Balaban J connectivity index is 1.90. The van der Waals surface area contributed by atoms with Crippen LogP contribution in [0.15, 0.2) is 24.3 Å². The van der Waals surface area contributed by atoms with Gasteiger partial charge in [0.1, 0.15) is 11.6 Å². The third kappa shape index (κ3) is 2.34. The van der Waals surface area contributed by atoms with Gasteiger partial charge in [0.2, 0.25) is 0 Å². The normalized spacial score (nSPS) is 13.1. The molecule has 20 heavy (non-hydrogen) atoms. The van der Waals surface area contributed by atoms with Crippen molar-refractivity contribution in [1.29, 1.82) is 0 Å². The van der Waals surface area contributed by atoms with Gasteiger partial charge in [-0.25, -0.2) is 14.8 Å². The van der Waals surface area contributed by atoms with Crippen LogP contribution >= 0.6 is 0 Å². The number of carbonyl (C=O) groups is 1. The summed E-state index contributed by atoms with van der Waals surface area (Å²) < 4.78 is 0. The monoisotopic (exact) mass is 269 g/mol. The van der Waals surface area contributed by atoms with Crippen LogP contribution in [0.4, 0.5) is 11.5 Å². The highest BCUT2D eigenvalue weighted by atomic mass is 16.4. The Labute approximate surface area is 116 Å². The number of nitrogens with zero attached hydrogens (tertiary/aromatic N) is 2. The fourth-order valence-electron chi connectivity index (χ4n) is 2.49. The number of carboxylic acids is 1. The van der Waals surface area contributed by atoms with E-state index in [-0.39, 0.29) is 5.56 Å². The van der Waals surface area contributed by atoms with E-state index in [0.29, 0.717) is 0 Å². The number of carboxylic acid groups (broad SMARTS) is 1. The summed E-state index contributed by atoms with van der Waals surface area (Å²) in [6.45, 7) is 1.89. The molecular weight excluding hydrogens is 254 g/mol. The lowest BCUT2D eigenvalue weighted by molar-refractivity contribution is 0.0697. The number of benzene rings is 1. The molecule has 102 valence electrons. The zero-order valence-corrected chi connectivity index (χ0v) is 11.2. The van der Waals surface area contributed by atoms with E-state index in [1.54, 1.807) is 24.3 Å². The van der Waals surface area contributed by atoms with E-state index >= 15 is 0 Å². The topological polar surface area (TPSA) is 75.1 Å². The lowest BCUT2D eigenvalue weighted by Crippen LogP contribution is -2.04. The number of aromatic nitrogens is 2. The molecule has 0 fully saturated rings. The molecule has 0 unspecified atom stereocenters. The highest BCUT2D eigenvalue weighted by Crippen LogP contribution is 2.28. The maximum absolute atomic E-state index is 10.8. The average molecular weight is 269 g/mol. The first-order valence-corrected chi connectivity index (χ1v) is 6.60. The molecule has 0 atom stereocenters. The summed E-state index contributed by atoms with van der Waals surface area (Å²) in [6.07, 6.45) is 3.11. The fraction of sp³-hybridized carbons (Fsp3) is 0.267. The number of nitrogens with one attached hydrogen (secondary N) is 1. The van der Waals surface area contributed by atoms with E-state index < -0.39 is 5.97 Å². The van der Waals surface area contributed by atoms with Gasteiger partial charge in [-0.05, 0) is 50.5 Å². The molecule has 2 aromatic rings. The van der Waals surface area contributed by atoms with E-state index in [4.69, 9.17) is 5.11 Å². The predicted molar refractivity (Wildman–Crippen MR) is 75.5 cm³/mol. The minimum atomic E-state index is -0.921. The van der Waals surface area contributed by atoms with Gasteiger partial charge < -0.3 is 10.4 Å². The number of rotatable bonds is 3. The second-order valence-corrected chi connectivity index (χ2v) is 4.91. The van der Waals surface area contributed by atoms with Gasteiger partial charge in [-0.2, -0.15) is 0 Å². The molecule has 0 spiro atoms. The molecule has 1 heterocycles. The van der Waals surface area contributed by atoms with Crippen LogP contribution in [-0.4, -0.2) is 21.0 Å². The van der Waals surface area contributed by atoms with Gasteiger partial charge in [0.15, 0.2) is 0 Å². The number of aryl methyl sites for hydroxylation is 2. The molecule has 3 rings (SSSR count). The van der Waals surface area contributed by atoms with Crippen LogP contribution in [0, 0.1) is 6.92 Å². The number of aromatic carboxylic acids is 1. The molecule has 0 radical (unpaired) electrons. The number of fused-ring (bicyclic) bond motifs is 1. The van der Waals surface area contributed by atoms with Crippen molar-refractivity contribution in [1.82, 2.24) is 9.97 Å². The third-order valence-electron chi connectivity index (χ3n) is 3.44. The van der Waals surface area contributed by atoms with Crippen LogP contribution in [-0.2, 0) is 12.8 Å². The number of anilines is 2. The second-order valence-electron chi connectivity index (χ2n) is 4.91. The largest absolute Gasteiger partial charge is 0.478 e. The predicted octanol–water partition coefficient (Wildman–Crippen LogP) is 2.72. The molecule has 5 nitrogen and oxygen atoms in total. The molecule has 5 heteroatoms. The van der Waals surface area contributed by atoms with Crippen molar-refractivity contribution in [3.8, 4) is 0 Å². The van der Waals surface area contributed by atoms with Gasteiger partial charge in [0, 0.05) is 16.9 Å². The van der Waals surface area contributed by atoms with Crippen molar-refractivity contribution in [2.75, 3.05) is 5.32 Å². The van der Waals surface area contributed by atoms with Crippen LogP contribution in [0.25, 0.3) is 0 Å². The zero-order chi connectivity index (χ0) is 14.1. The molecule has 0 saturated carbocycles. The Morgan fingerprint density at radius 2 is 1.95 bits per heavy atom. The summed E-state index contributed by atoms with van der Waals surface area (Å²) in [5.74, 6) is 0.679. The Morgan fingerprint density at radius 3 is 2.65 bits per heavy atom. The number of hydrogen-bond acceptors (Lipinski definition) is 4. The molecule has 2 N–H and O–H groups in total. The van der Waals surface area contributed by atoms with Crippen LogP contribution in [0.1, 0.15) is 33.9 Å². The lowest BCUT2D eigenvalue weighted by Gasteiger charge is -2.11. The molecule has 0 saturated heterocycles. The van der Waals surface area contributed by atoms with Crippen LogP contribution < -0.4 is 5.32 Å². The van der Waals surface area contributed by atoms with Crippen molar-refractivity contribution in [2.24, 2.45) is 0 Å². The van der Waals surface area contributed by atoms with E-state index in [1.807, 2.05) is 6.92 Å². The lowest BCUT2D eigenvalue weighted by atomic mass is 10.2. The van der Waals surface area contributed by atoms with Gasteiger partial charge in [-0.1, -0.05) is 0 Å². The Kier molecular flexibility index (Phi) is 3.10. The number of hydrogen-bond donors (Lipinski definition) is 2. The van der Waals surface area contributed by atoms with Crippen molar-refractivity contribution in [2.45, 2.75) is 26.2 Å². The summed E-state index contributed by atoms with van der Waals surface area (Å²) in [7, 11) is 0. The molecular formula is C15H15N3O2. The molecule has 1 aromatic heterocycles. The van der Waals surface area contributed by atoms with Gasteiger partial charge in [-0.15, -0.1) is 0 Å². The Bertz CT molecular complexity index is 666. The SMILES string of the molecule is Cc1nc2c(c(Nc3ccc(C(=O)O)cc3)n1)CCC2. The molecule has 1 aromatic carbocycles. The molecule has 0 bridgehead atoms. The standard InChI is InChI=1S/C15H15N3O2/c1-9-16-13-4-2-3-12(13)14(17-9)18-11-7-5-10(6-8-11)15(19)20/h5-8H,2-4H2,1H3,(H,19,20)(H,16,17,18). The second kappa shape index (κ2) is 4.92. The molecule has 0 aliphatic heterocycles. The van der Waals surface area contributed by atoms with E-state index in [9.17, 15) is 4.79 Å².